The quantitative estimate of drug-likeness (QED) is 0.698. The van der Waals surface area contributed by atoms with Gasteiger partial charge in [-0.25, -0.2) is 0 Å². The number of aryl methyl sites for hydroxylation is 1. The number of carbonyl (C=O) groups is 2. The summed E-state index contributed by atoms with van der Waals surface area (Å²) in [5.74, 6) is 0.527. The summed E-state index contributed by atoms with van der Waals surface area (Å²) in [6, 6.07) is 15.2. The smallest absolute Gasteiger partial charge is 0.251 e. The standard InChI is InChI=1S/C22H29N3O3/c1-16-9-5-6-10-17(16)22(27)23-14-13-21(26)24-15-19(25(2)3)18-11-7-8-12-20(18)28-4/h5-12,19H,13-15H2,1-4H3,(H,23,27)(H,24,26). The third-order valence-corrected chi connectivity index (χ3v) is 4.64. The molecule has 0 aliphatic carbocycles. The molecule has 0 bridgehead atoms. The van der Waals surface area contributed by atoms with Gasteiger partial charge in [0.2, 0.25) is 5.91 Å². The second-order valence-electron chi connectivity index (χ2n) is 6.85. The summed E-state index contributed by atoms with van der Waals surface area (Å²) in [6.45, 7) is 2.64. The number of hydrogen-bond acceptors (Lipinski definition) is 4. The number of benzene rings is 2. The molecule has 0 aliphatic heterocycles. The van der Waals surface area contributed by atoms with Crippen LogP contribution in [0.1, 0.15) is 33.9 Å². The Bertz CT molecular complexity index is 805. The molecule has 1 atom stereocenters. The number of likely N-dealkylation sites (N-methyl/N-ethyl adjacent to an activating group) is 1. The number of ether oxygens (including phenoxy) is 1. The van der Waals surface area contributed by atoms with E-state index in [4.69, 9.17) is 4.74 Å². The lowest BCUT2D eigenvalue weighted by Crippen LogP contribution is -2.36. The number of nitrogens with zero attached hydrogens (tertiary/aromatic N) is 1. The SMILES string of the molecule is COc1ccccc1C(CNC(=O)CCNC(=O)c1ccccc1C)N(C)C. The molecule has 2 amide bonds. The fraction of sp³-hybridized carbons (Fsp3) is 0.364. The first-order valence-electron chi connectivity index (χ1n) is 9.34. The van der Waals surface area contributed by atoms with E-state index in [2.05, 4.69) is 10.6 Å². The van der Waals surface area contributed by atoms with Gasteiger partial charge in [-0.15, -0.1) is 0 Å². The summed E-state index contributed by atoms with van der Waals surface area (Å²) in [7, 11) is 5.57. The van der Waals surface area contributed by atoms with Crippen molar-refractivity contribution in [2.24, 2.45) is 0 Å². The molecular weight excluding hydrogens is 354 g/mol. The highest BCUT2D eigenvalue weighted by Crippen LogP contribution is 2.27. The first-order chi connectivity index (χ1) is 13.4. The zero-order valence-corrected chi connectivity index (χ0v) is 17.0. The number of para-hydroxylation sites is 1. The summed E-state index contributed by atoms with van der Waals surface area (Å²) in [5, 5.41) is 5.75. The van der Waals surface area contributed by atoms with E-state index < -0.39 is 0 Å². The van der Waals surface area contributed by atoms with Gasteiger partial charge in [0.1, 0.15) is 5.75 Å². The molecule has 0 saturated carbocycles. The van der Waals surface area contributed by atoms with Gasteiger partial charge in [-0.1, -0.05) is 36.4 Å². The second kappa shape index (κ2) is 10.5. The third-order valence-electron chi connectivity index (χ3n) is 4.64. The van der Waals surface area contributed by atoms with Crippen molar-refractivity contribution in [1.29, 1.82) is 0 Å². The van der Waals surface area contributed by atoms with E-state index in [0.29, 0.717) is 18.7 Å². The summed E-state index contributed by atoms with van der Waals surface area (Å²) >= 11 is 0. The molecule has 2 N–H and O–H groups in total. The minimum absolute atomic E-state index is 0.0124. The summed E-state index contributed by atoms with van der Waals surface area (Å²) in [4.78, 5) is 26.5. The van der Waals surface area contributed by atoms with Gasteiger partial charge >= 0.3 is 0 Å². The first kappa shape index (κ1) is 21.4. The highest BCUT2D eigenvalue weighted by Gasteiger charge is 2.19. The Hall–Kier alpha value is -2.86. The van der Waals surface area contributed by atoms with Crippen molar-refractivity contribution in [3.05, 3.63) is 65.2 Å². The fourth-order valence-electron chi connectivity index (χ4n) is 3.02. The van der Waals surface area contributed by atoms with Crippen molar-refractivity contribution in [2.75, 3.05) is 34.3 Å². The topological polar surface area (TPSA) is 70.7 Å². The molecule has 2 aromatic carbocycles. The van der Waals surface area contributed by atoms with E-state index in [1.165, 1.54) is 0 Å². The maximum absolute atomic E-state index is 12.2. The van der Waals surface area contributed by atoms with Crippen molar-refractivity contribution in [3.63, 3.8) is 0 Å². The molecule has 0 fully saturated rings. The van der Waals surface area contributed by atoms with Crippen molar-refractivity contribution in [1.82, 2.24) is 15.5 Å². The van der Waals surface area contributed by atoms with E-state index in [-0.39, 0.29) is 24.3 Å². The van der Waals surface area contributed by atoms with Crippen LogP contribution in [0.25, 0.3) is 0 Å². The van der Waals surface area contributed by atoms with Gasteiger partial charge < -0.3 is 20.3 Å². The molecule has 28 heavy (non-hydrogen) atoms. The van der Waals surface area contributed by atoms with Gasteiger partial charge in [-0.2, -0.15) is 0 Å². The number of nitrogens with one attached hydrogen (secondary N) is 2. The monoisotopic (exact) mass is 383 g/mol. The van der Waals surface area contributed by atoms with Crippen molar-refractivity contribution >= 4 is 11.8 Å². The van der Waals surface area contributed by atoms with E-state index in [1.807, 2.05) is 68.4 Å². The van der Waals surface area contributed by atoms with Crippen LogP contribution >= 0.6 is 0 Å². The lowest BCUT2D eigenvalue weighted by Gasteiger charge is -2.26. The molecule has 0 aromatic heterocycles. The molecule has 2 aromatic rings. The van der Waals surface area contributed by atoms with Crippen LogP contribution in [0.5, 0.6) is 5.75 Å². The second-order valence-corrected chi connectivity index (χ2v) is 6.85. The van der Waals surface area contributed by atoms with Crippen LogP contribution in [-0.2, 0) is 4.79 Å². The lowest BCUT2D eigenvalue weighted by molar-refractivity contribution is -0.121. The highest BCUT2D eigenvalue weighted by atomic mass is 16.5. The molecule has 0 saturated heterocycles. The van der Waals surface area contributed by atoms with Gasteiger partial charge in [0, 0.05) is 30.6 Å². The average Bonchev–Trinajstić information content (AvgIpc) is 2.68. The van der Waals surface area contributed by atoms with Crippen LogP contribution in [0.15, 0.2) is 48.5 Å². The highest BCUT2D eigenvalue weighted by molar-refractivity contribution is 5.95. The molecule has 1 unspecified atom stereocenters. The Morgan fingerprint density at radius 1 is 1.04 bits per heavy atom. The molecule has 150 valence electrons. The van der Waals surface area contributed by atoms with E-state index >= 15 is 0 Å². The predicted molar refractivity (Wildman–Crippen MR) is 111 cm³/mol. The molecular formula is C22H29N3O3. The predicted octanol–water partition coefficient (Wildman–Crippen LogP) is 2.54. The largest absolute Gasteiger partial charge is 0.496 e. The van der Waals surface area contributed by atoms with Crippen molar-refractivity contribution < 1.29 is 14.3 Å². The van der Waals surface area contributed by atoms with Gasteiger partial charge in [0.15, 0.2) is 0 Å². The van der Waals surface area contributed by atoms with Crippen LogP contribution in [0.2, 0.25) is 0 Å². The van der Waals surface area contributed by atoms with Gasteiger partial charge in [0.25, 0.3) is 5.91 Å². The summed E-state index contributed by atoms with van der Waals surface area (Å²) in [5.41, 5.74) is 2.56. The van der Waals surface area contributed by atoms with Crippen molar-refractivity contribution in [3.8, 4) is 5.75 Å². The van der Waals surface area contributed by atoms with E-state index in [0.717, 1.165) is 16.9 Å². The Morgan fingerprint density at radius 2 is 1.71 bits per heavy atom. The number of carbonyl (C=O) groups excluding carboxylic acids is 2. The molecule has 0 heterocycles. The van der Waals surface area contributed by atoms with E-state index in [9.17, 15) is 9.59 Å². The van der Waals surface area contributed by atoms with Crippen LogP contribution in [0.3, 0.4) is 0 Å². The Morgan fingerprint density at radius 3 is 2.39 bits per heavy atom. The molecule has 2 rings (SSSR count). The van der Waals surface area contributed by atoms with Crippen LogP contribution in [-0.4, -0.2) is 51.0 Å². The number of amides is 2. The maximum Gasteiger partial charge on any atom is 0.251 e. The normalized spacial score (nSPS) is 11.8. The summed E-state index contributed by atoms with van der Waals surface area (Å²) < 4.78 is 5.44. The van der Waals surface area contributed by atoms with Crippen LogP contribution in [0.4, 0.5) is 0 Å². The summed E-state index contributed by atoms with van der Waals surface area (Å²) in [6.07, 6.45) is 0.226. The lowest BCUT2D eigenvalue weighted by atomic mass is 10.0. The minimum Gasteiger partial charge on any atom is -0.496 e. The Balaban J connectivity index is 1.85. The first-order valence-corrected chi connectivity index (χ1v) is 9.34. The minimum atomic E-state index is -0.161. The van der Waals surface area contributed by atoms with Crippen LogP contribution in [0, 0.1) is 6.92 Å². The third kappa shape index (κ3) is 5.82. The zero-order valence-electron chi connectivity index (χ0n) is 17.0. The number of rotatable bonds is 9. The van der Waals surface area contributed by atoms with Crippen LogP contribution < -0.4 is 15.4 Å². The van der Waals surface area contributed by atoms with Crippen molar-refractivity contribution in [2.45, 2.75) is 19.4 Å². The Kier molecular flexibility index (Phi) is 8.02. The fourth-order valence-corrected chi connectivity index (χ4v) is 3.02. The van der Waals surface area contributed by atoms with E-state index in [1.54, 1.807) is 13.2 Å². The van der Waals surface area contributed by atoms with Gasteiger partial charge in [-0.3, -0.25) is 9.59 Å². The molecule has 6 nitrogen and oxygen atoms in total. The molecule has 0 radical (unpaired) electrons. The van der Waals surface area contributed by atoms with Gasteiger partial charge in [-0.05, 0) is 38.7 Å². The van der Waals surface area contributed by atoms with Gasteiger partial charge in [0.05, 0.1) is 13.2 Å². The molecule has 0 spiro atoms. The number of methoxy groups -OCH3 is 1. The molecule has 0 aliphatic rings. The average molecular weight is 383 g/mol. The number of hydrogen-bond donors (Lipinski definition) is 2. The molecule has 6 heteroatoms. The maximum atomic E-state index is 12.2. The zero-order chi connectivity index (χ0) is 20.5. The Labute approximate surface area is 166 Å².